The normalized spacial score (nSPS) is 5.67. The monoisotopic (exact) mass is 312 g/mol. The fourth-order valence-corrected chi connectivity index (χ4v) is 0. The minimum absolute atomic E-state index is 0. The van der Waals surface area contributed by atoms with Gasteiger partial charge >= 0.3 is 88.7 Å². The molecule has 0 N–H and O–H groups in total. The van der Waals surface area contributed by atoms with Gasteiger partial charge in [0.1, 0.15) is 20.4 Å². The number of hydrogen-bond donors (Lipinski definition) is 0. The third-order valence-electron chi connectivity index (χ3n) is 0.250. The third kappa shape index (κ3) is 199. The number of hydrogen-bond acceptors (Lipinski definition) is 8. The largest absolute Gasteiger partial charge is 1.00 e. The first kappa shape index (κ1) is 50.0. The third-order valence-corrected chi connectivity index (χ3v) is 0.250. The molecule has 0 aromatic carbocycles. The van der Waals surface area contributed by atoms with Crippen molar-refractivity contribution >= 4 is 32.7 Å². The Balaban J connectivity index is -0.0000000123. The average Bonchev–Trinajstić information content (AvgIpc) is 2.27. The predicted octanol–water partition coefficient (Wildman–Crippen LogP) is -9.49. The molecule has 0 saturated carbocycles. The van der Waals surface area contributed by atoms with E-state index in [0.717, 1.165) is 0 Å². The van der Waals surface area contributed by atoms with Gasteiger partial charge in [0.15, 0.2) is 0 Å². The fourth-order valence-electron chi connectivity index (χ4n) is 0. The zero-order chi connectivity index (χ0) is 13.9. The molecule has 0 saturated heterocycles. The second-order valence-electron chi connectivity index (χ2n) is 2.26. The van der Waals surface area contributed by atoms with E-state index < -0.39 is 17.9 Å². The first-order chi connectivity index (χ1) is 6.97. The molecule has 0 fully saturated rings. The van der Waals surface area contributed by atoms with Crippen molar-refractivity contribution in [2.24, 2.45) is 0 Å². The van der Waals surface area contributed by atoms with Crippen LogP contribution >= 0.6 is 12.3 Å². The summed E-state index contributed by atoms with van der Waals surface area (Å²) in [6.07, 6.45) is 0. The van der Waals surface area contributed by atoms with Gasteiger partial charge in [0.2, 0.25) is 0 Å². The van der Waals surface area contributed by atoms with Gasteiger partial charge < -0.3 is 46.0 Å². The van der Waals surface area contributed by atoms with E-state index in [0.29, 0.717) is 0 Å². The van der Waals surface area contributed by atoms with Crippen LogP contribution in [0.15, 0.2) is 0 Å². The second kappa shape index (κ2) is 61.1. The fraction of sp³-hybridized carbons (Fsp3) is 0.571. The number of carbonyl (C=O) groups excluding carboxylic acids is 3. The molecule has 0 aromatic heterocycles. The summed E-state index contributed by atoms with van der Waals surface area (Å²) in [6, 6.07) is 0. The summed E-state index contributed by atoms with van der Waals surface area (Å²) >= 11 is -0.750. The Labute approximate surface area is 179 Å². The summed E-state index contributed by atoms with van der Waals surface area (Å²) < 4.78 is 16.6. The molecule has 0 aliphatic carbocycles. The molecule has 0 radical (unpaired) electrons. The van der Waals surface area contributed by atoms with E-state index in [9.17, 15) is 5.26 Å². The van der Waals surface area contributed by atoms with Crippen LogP contribution in [-0.4, -0.2) is 35.1 Å². The zero-order valence-corrected chi connectivity index (χ0v) is 18.7. The van der Waals surface area contributed by atoms with Crippen molar-refractivity contribution in [2.75, 3.05) is 0 Å². The molecular formula is C7H15Na3O7S. The minimum atomic E-state index is -0.750. The number of rotatable bonds is 0. The van der Waals surface area contributed by atoms with Gasteiger partial charge in [-0.15, -0.1) is 0 Å². The van der Waals surface area contributed by atoms with Crippen LogP contribution in [0.1, 0.15) is 20.8 Å². The summed E-state index contributed by atoms with van der Waals surface area (Å²) in [5, 5.41) is 9.45. The van der Waals surface area contributed by atoms with E-state index in [2.05, 4.69) is 4.89 Å². The molecule has 11 heteroatoms. The van der Waals surface area contributed by atoms with E-state index in [1.54, 1.807) is 20.8 Å². The Morgan fingerprint density at radius 1 is 0.833 bits per heavy atom. The molecule has 0 atom stereocenters. The van der Waals surface area contributed by atoms with Gasteiger partial charge in [-0.1, -0.05) is 0 Å². The Hall–Kier alpha value is 2.20. The van der Waals surface area contributed by atoms with Crippen LogP contribution < -0.4 is 93.9 Å². The maximum Gasteiger partial charge on any atom is 1.00 e. The van der Waals surface area contributed by atoms with Crippen molar-refractivity contribution < 1.29 is 122 Å². The molecule has 0 aliphatic heterocycles. The van der Waals surface area contributed by atoms with Gasteiger partial charge in [-0.2, -0.15) is 0 Å². The number of carbonyl (C=O) groups is 3. The van der Waals surface area contributed by atoms with E-state index in [1.165, 1.54) is 0 Å². The van der Waals surface area contributed by atoms with Crippen LogP contribution in [0.3, 0.4) is 0 Å². The zero-order valence-electron chi connectivity index (χ0n) is 11.9. The molecule has 0 amide bonds. The van der Waals surface area contributed by atoms with Crippen LogP contribution in [0.25, 0.3) is 0 Å². The van der Waals surface area contributed by atoms with Gasteiger partial charge in [0.05, 0.1) is 0 Å². The van der Waals surface area contributed by atoms with Gasteiger partial charge in [0, 0.05) is 5.60 Å². The molecule has 0 unspecified atom stereocenters. The maximum atomic E-state index is 9.45. The Kier molecular flexibility index (Phi) is 170. The van der Waals surface area contributed by atoms with Crippen LogP contribution in [0.5, 0.6) is 0 Å². The van der Waals surface area contributed by atoms with Gasteiger partial charge in [0.25, 0.3) is 0 Å². The predicted molar refractivity (Wildman–Crippen MR) is 51.3 cm³/mol. The molecular weight excluding hydrogens is 297 g/mol. The maximum absolute atomic E-state index is 9.45. The van der Waals surface area contributed by atoms with Crippen LogP contribution in [0.2, 0.25) is 0 Å². The molecule has 0 aromatic rings. The molecule has 0 aliphatic rings. The Morgan fingerprint density at radius 2 is 0.889 bits per heavy atom. The standard InChI is InChI=1S/C4H10O2.3CH2O.3Na.H2O2S/c1-4(2,3)6-5;3*1-2;;;;1-3-2/h5H,1-3H3;3*1H2;;;;1-2H/q;;;;3*+1;/p-3. The summed E-state index contributed by atoms with van der Waals surface area (Å²) in [5.74, 6) is 0. The van der Waals surface area contributed by atoms with Crippen molar-refractivity contribution in [2.45, 2.75) is 26.4 Å². The molecule has 94 valence electrons. The van der Waals surface area contributed by atoms with E-state index in [4.69, 9.17) is 23.5 Å². The molecule has 7 nitrogen and oxygen atoms in total. The average molecular weight is 312 g/mol. The van der Waals surface area contributed by atoms with Gasteiger partial charge in [-0.3, -0.25) is 0 Å². The molecule has 0 bridgehead atoms. The van der Waals surface area contributed by atoms with Gasteiger partial charge in [-0.05, 0) is 20.8 Å². The molecule has 0 rings (SSSR count). The summed E-state index contributed by atoms with van der Waals surface area (Å²) in [4.78, 5) is 27.7. The first-order valence-electron chi connectivity index (χ1n) is 3.07. The van der Waals surface area contributed by atoms with Gasteiger partial charge in [-0.25, -0.2) is 0 Å². The SMILES string of the molecule is C=O.C=O.C=O.CC(C)(C)O[O-].[Na+].[Na+].[Na+].[O-]S[O-]. The summed E-state index contributed by atoms with van der Waals surface area (Å²) in [7, 11) is 0. The minimum Gasteiger partial charge on any atom is -0.811 e. The second-order valence-corrected chi connectivity index (χ2v) is 2.40. The van der Waals surface area contributed by atoms with E-state index in [1.807, 2.05) is 20.4 Å². The van der Waals surface area contributed by atoms with E-state index in [-0.39, 0.29) is 88.7 Å². The van der Waals surface area contributed by atoms with Crippen molar-refractivity contribution in [3.05, 3.63) is 0 Å². The smallest absolute Gasteiger partial charge is 0.811 e. The quantitative estimate of drug-likeness (QED) is 0.186. The molecule has 0 heterocycles. The molecule has 18 heavy (non-hydrogen) atoms. The van der Waals surface area contributed by atoms with Crippen molar-refractivity contribution in [1.82, 2.24) is 0 Å². The first-order valence-corrected chi connectivity index (χ1v) is 3.74. The Morgan fingerprint density at radius 3 is 0.889 bits per heavy atom. The molecule has 0 spiro atoms. The van der Waals surface area contributed by atoms with Crippen molar-refractivity contribution in [3.63, 3.8) is 0 Å². The summed E-state index contributed by atoms with van der Waals surface area (Å²) in [6.45, 7) is 11.1. The van der Waals surface area contributed by atoms with Crippen LogP contribution in [0.4, 0.5) is 0 Å². The summed E-state index contributed by atoms with van der Waals surface area (Å²) in [5.41, 5.74) is -0.514. The van der Waals surface area contributed by atoms with Crippen molar-refractivity contribution in [1.29, 1.82) is 0 Å². The van der Waals surface area contributed by atoms with Crippen molar-refractivity contribution in [3.8, 4) is 0 Å². The topological polar surface area (TPSA) is 130 Å². The van der Waals surface area contributed by atoms with Crippen LogP contribution in [0, 0.1) is 0 Å². The Bertz CT molecular complexity index is 92.8. The van der Waals surface area contributed by atoms with E-state index >= 15 is 0 Å². The van der Waals surface area contributed by atoms with Crippen LogP contribution in [-0.2, 0) is 19.3 Å².